The Morgan fingerprint density at radius 3 is 2.70 bits per heavy atom. The van der Waals surface area contributed by atoms with E-state index in [1.807, 2.05) is 13.8 Å². The predicted molar refractivity (Wildman–Crippen MR) is 70.7 cm³/mol. The molecule has 2 aliphatic rings. The van der Waals surface area contributed by atoms with E-state index in [2.05, 4.69) is 0 Å². The third kappa shape index (κ3) is 2.62. The SMILES string of the molecule is CCOC(=O)C1C(=O)C(C)(C)CC[C@@H]1[C@H]1C=CC(=O)O1. The van der Waals surface area contributed by atoms with Crippen molar-refractivity contribution < 1.29 is 23.9 Å². The zero-order chi connectivity index (χ0) is 14.9. The van der Waals surface area contributed by atoms with Crippen molar-refractivity contribution in [1.82, 2.24) is 0 Å². The Morgan fingerprint density at radius 2 is 2.15 bits per heavy atom. The van der Waals surface area contributed by atoms with E-state index < -0.39 is 29.4 Å². The first-order chi connectivity index (χ1) is 9.36. The van der Waals surface area contributed by atoms with Crippen LogP contribution in [0, 0.1) is 17.3 Å². The summed E-state index contributed by atoms with van der Waals surface area (Å²) in [6.07, 6.45) is 3.80. The summed E-state index contributed by atoms with van der Waals surface area (Å²) >= 11 is 0. The second-order valence-electron chi connectivity index (χ2n) is 5.94. The molecule has 0 amide bonds. The van der Waals surface area contributed by atoms with Crippen molar-refractivity contribution in [2.24, 2.45) is 17.3 Å². The molecule has 1 aliphatic heterocycles. The molecule has 1 heterocycles. The number of esters is 2. The lowest BCUT2D eigenvalue weighted by Crippen LogP contribution is -2.48. The van der Waals surface area contributed by atoms with Gasteiger partial charge in [-0.05, 0) is 25.8 Å². The first-order valence-corrected chi connectivity index (χ1v) is 6.96. The second kappa shape index (κ2) is 5.38. The van der Waals surface area contributed by atoms with E-state index >= 15 is 0 Å². The van der Waals surface area contributed by atoms with E-state index in [1.165, 1.54) is 6.08 Å². The Kier molecular flexibility index (Phi) is 3.97. The zero-order valence-electron chi connectivity index (χ0n) is 12.0. The van der Waals surface area contributed by atoms with Crippen LogP contribution >= 0.6 is 0 Å². The van der Waals surface area contributed by atoms with E-state index in [4.69, 9.17) is 9.47 Å². The molecule has 1 unspecified atom stereocenters. The number of ketones is 1. The zero-order valence-corrected chi connectivity index (χ0v) is 12.0. The van der Waals surface area contributed by atoms with Gasteiger partial charge in [0.2, 0.25) is 0 Å². The van der Waals surface area contributed by atoms with E-state index in [9.17, 15) is 14.4 Å². The lowest BCUT2D eigenvalue weighted by Gasteiger charge is -2.39. The normalized spacial score (nSPS) is 32.0. The van der Waals surface area contributed by atoms with Crippen molar-refractivity contribution in [2.75, 3.05) is 6.61 Å². The highest BCUT2D eigenvalue weighted by Gasteiger charge is 2.50. The molecule has 0 aromatic heterocycles. The molecule has 0 bridgehead atoms. The summed E-state index contributed by atoms with van der Waals surface area (Å²) in [6, 6.07) is 0. The summed E-state index contributed by atoms with van der Waals surface area (Å²) in [5.74, 6) is -2.22. The maximum Gasteiger partial charge on any atom is 0.331 e. The van der Waals surface area contributed by atoms with Crippen molar-refractivity contribution >= 4 is 17.7 Å². The summed E-state index contributed by atoms with van der Waals surface area (Å²) in [7, 11) is 0. The van der Waals surface area contributed by atoms with Gasteiger partial charge in [-0.2, -0.15) is 0 Å². The van der Waals surface area contributed by atoms with Gasteiger partial charge in [0.15, 0.2) is 5.78 Å². The molecule has 0 radical (unpaired) electrons. The second-order valence-corrected chi connectivity index (χ2v) is 5.94. The molecular weight excluding hydrogens is 260 g/mol. The Bertz CT molecular complexity index is 463. The number of cyclic esters (lactones) is 1. The van der Waals surface area contributed by atoms with Crippen LogP contribution in [-0.2, 0) is 23.9 Å². The fourth-order valence-corrected chi connectivity index (χ4v) is 2.92. The molecule has 0 spiro atoms. The maximum absolute atomic E-state index is 12.5. The molecule has 5 nitrogen and oxygen atoms in total. The Balaban J connectivity index is 2.25. The average Bonchev–Trinajstić information content (AvgIpc) is 2.79. The lowest BCUT2D eigenvalue weighted by molar-refractivity contribution is -0.164. The first kappa shape index (κ1) is 14.8. The standard InChI is InChI=1S/C15H20O5/c1-4-19-14(18)12-9(10-5-6-11(16)20-10)7-8-15(2,3)13(12)17/h5-6,9-10,12H,4,7-8H2,1-3H3/t9-,10-,12?/m1/s1. The van der Waals surface area contributed by atoms with E-state index in [0.29, 0.717) is 12.8 Å². The molecule has 0 saturated heterocycles. The number of hydrogen-bond acceptors (Lipinski definition) is 5. The summed E-state index contributed by atoms with van der Waals surface area (Å²) in [4.78, 5) is 35.9. The summed E-state index contributed by atoms with van der Waals surface area (Å²) in [6.45, 7) is 5.62. The Morgan fingerprint density at radius 1 is 1.45 bits per heavy atom. The summed E-state index contributed by atoms with van der Waals surface area (Å²) in [5.41, 5.74) is -0.541. The first-order valence-electron chi connectivity index (χ1n) is 6.96. The highest BCUT2D eigenvalue weighted by atomic mass is 16.5. The molecule has 0 aromatic carbocycles. The van der Waals surface area contributed by atoms with E-state index in [-0.39, 0.29) is 18.3 Å². The third-order valence-corrected chi connectivity index (χ3v) is 4.12. The van der Waals surface area contributed by atoms with Crippen molar-refractivity contribution in [3.05, 3.63) is 12.2 Å². The van der Waals surface area contributed by atoms with Gasteiger partial charge in [0.25, 0.3) is 0 Å². The van der Waals surface area contributed by atoms with Gasteiger partial charge >= 0.3 is 11.9 Å². The van der Waals surface area contributed by atoms with Gasteiger partial charge in [-0.15, -0.1) is 0 Å². The minimum atomic E-state index is -0.848. The van der Waals surface area contributed by atoms with Gasteiger partial charge < -0.3 is 9.47 Å². The number of ether oxygens (including phenoxy) is 2. The molecule has 20 heavy (non-hydrogen) atoms. The monoisotopic (exact) mass is 280 g/mol. The molecular formula is C15H20O5. The van der Waals surface area contributed by atoms with Crippen molar-refractivity contribution in [3.63, 3.8) is 0 Å². The van der Waals surface area contributed by atoms with Crippen molar-refractivity contribution in [3.8, 4) is 0 Å². The minimum absolute atomic E-state index is 0.122. The fourth-order valence-electron chi connectivity index (χ4n) is 2.92. The molecule has 1 aliphatic carbocycles. The minimum Gasteiger partial charge on any atom is -0.465 e. The molecule has 3 atom stereocenters. The summed E-state index contributed by atoms with van der Waals surface area (Å²) < 4.78 is 10.2. The predicted octanol–water partition coefficient (Wildman–Crippen LogP) is 1.65. The van der Waals surface area contributed by atoms with Crippen LogP contribution in [0.4, 0.5) is 0 Å². The Hall–Kier alpha value is -1.65. The van der Waals surface area contributed by atoms with E-state index in [0.717, 1.165) is 0 Å². The molecule has 1 fully saturated rings. The highest BCUT2D eigenvalue weighted by Crippen LogP contribution is 2.42. The quantitative estimate of drug-likeness (QED) is 0.581. The van der Waals surface area contributed by atoms with Crippen LogP contribution < -0.4 is 0 Å². The van der Waals surface area contributed by atoms with Crippen LogP contribution in [0.15, 0.2) is 12.2 Å². The molecule has 5 heteroatoms. The molecule has 0 aromatic rings. The maximum atomic E-state index is 12.5. The number of carbonyl (C=O) groups is 3. The van der Waals surface area contributed by atoms with Gasteiger partial charge in [-0.25, -0.2) is 4.79 Å². The van der Waals surface area contributed by atoms with E-state index in [1.54, 1.807) is 13.0 Å². The van der Waals surface area contributed by atoms with Crippen LogP contribution in [0.1, 0.15) is 33.6 Å². The van der Waals surface area contributed by atoms with Crippen LogP contribution in [0.25, 0.3) is 0 Å². The largest absolute Gasteiger partial charge is 0.465 e. The molecule has 110 valence electrons. The van der Waals surface area contributed by atoms with Gasteiger partial charge in [-0.3, -0.25) is 9.59 Å². The molecule has 2 rings (SSSR count). The smallest absolute Gasteiger partial charge is 0.331 e. The van der Waals surface area contributed by atoms with Crippen LogP contribution in [0.2, 0.25) is 0 Å². The van der Waals surface area contributed by atoms with Gasteiger partial charge in [0.05, 0.1) is 6.61 Å². The van der Waals surface area contributed by atoms with Crippen LogP contribution in [0.5, 0.6) is 0 Å². The number of rotatable bonds is 3. The topological polar surface area (TPSA) is 69.7 Å². The Labute approximate surface area is 118 Å². The number of hydrogen-bond donors (Lipinski definition) is 0. The number of carbonyl (C=O) groups excluding carboxylic acids is 3. The van der Waals surface area contributed by atoms with Gasteiger partial charge in [0.1, 0.15) is 12.0 Å². The average molecular weight is 280 g/mol. The number of Topliss-reactive ketones (excluding diaryl/α,β-unsaturated/α-hetero) is 1. The van der Waals surface area contributed by atoms with Crippen LogP contribution in [0.3, 0.4) is 0 Å². The highest BCUT2D eigenvalue weighted by molar-refractivity contribution is 6.02. The van der Waals surface area contributed by atoms with Crippen molar-refractivity contribution in [1.29, 1.82) is 0 Å². The lowest BCUT2D eigenvalue weighted by atomic mass is 9.64. The van der Waals surface area contributed by atoms with Gasteiger partial charge in [0, 0.05) is 17.4 Å². The van der Waals surface area contributed by atoms with Gasteiger partial charge in [-0.1, -0.05) is 13.8 Å². The summed E-state index contributed by atoms with van der Waals surface area (Å²) in [5, 5.41) is 0. The molecule has 1 saturated carbocycles. The fraction of sp³-hybridized carbons (Fsp3) is 0.667. The van der Waals surface area contributed by atoms with Crippen molar-refractivity contribution in [2.45, 2.75) is 39.7 Å². The third-order valence-electron chi connectivity index (χ3n) is 4.12. The molecule has 0 N–H and O–H groups in total. The van der Waals surface area contributed by atoms with Crippen LogP contribution in [-0.4, -0.2) is 30.4 Å².